The van der Waals surface area contributed by atoms with E-state index in [4.69, 9.17) is 5.73 Å². The monoisotopic (exact) mass is 483 g/mol. The van der Waals surface area contributed by atoms with Crippen LogP contribution in [-0.2, 0) is 36.9 Å². The highest BCUT2D eigenvalue weighted by atomic mass is 32.1. The van der Waals surface area contributed by atoms with E-state index >= 15 is 0 Å². The predicted octanol–water partition coefficient (Wildman–Crippen LogP) is 4.00. The number of thiophene rings is 1. The Labute approximate surface area is 193 Å². The predicted molar refractivity (Wildman–Crippen MR) is 119 cm³/mol. The lowest BCUT2D eigenvalue weighted by molar-refractivity contribution is -0.142. The molecule has 0 aromatic carbocycles. The molecule has 0 saturated heterocycles. The van der Waals surface area contributed by atoms with E-state index in [1.807, 2.05) is 0 Å². The van der Waals surface area contributed by atoms with Crippen LogP contribution in [0.3, 0.4) is 0 Å². The Morgan fingerprint density at radius 2 is 1.88 bits per heavy atom. The number of anilines is 1. The molecule has 2 aliphatic carbocycles. The Morgan fingerprint density at radius 3 is 2.58 bits per heavy atom. The number of primary amides is 1. The van der Waals surface area contributed by atoms with Crippen LogP contribution in [0.1, 0.15) is 77.0 Å². The number of alkyl halides is 3. The number of halogens is 3. The van der Waals surface area contributed by atoms with E-state index in [9.17, 15) is 22.8 Å². The Bertz CT molecular complexity index is 1020. The third-order valence-corrected chi connectivity index (χ3v) is 7.48. The zero-order valence-electron chi connectivity index (χ0n) is 18.3. The summed E-state index contributed by atoms with van der Waals surface area (Å²) in [5, 5.41) is 9.89. The van der Waals surface area contributed by atoms with E-state index in [0.717, 1.165) is 72.9 Å². The van der Waals surface area contributed by atoms with Gasteiger partial charge in [0.25, 0.3) is 5.91 Å². The van der Waals surface area contributed by atoms with Gasteiger partial charge in [0.2, 0.25) is 5.91 Å². The van der Waals surface area contributed by atoms with Crippen LogP contribution in [0.25, 0.3) is 0 Å². The normalized spacial score (nSPS) is 17.1. The van der Waals surface area contributed by atoms with Crippen LogP contribution in [0.4, 0.5) is 18.2 Å². The summed E-state index contributed by atoms with van der Waals surface area (Å²) < 4.78 is 41.6. The minimum Gasteiger partial charge on any atom is -0.365 e. The summed E-state index contributed by atoms with van der Waals surface area (Å²) in [5.41, 5.74) is 5.77. The highest BCUT2D eigenvalue weighted by molar-refractivity contribution is 7.17. The topological polar surface area (TPSA) is 102 Å². The van der Waals surface area contributed by atoms with Crippen molar-refractivity contribution in [1.29, 1.82) is 0 Å². The van der Waals surface area contributed by atoms with Crippen molar-refractivity contribution in [2.45, 2.75) is 83.1 Å². The maximum Gasteiger partial charge on any atom is 0.435 e. The van der Waals surface area contributed by atoms with Crippen molar-refractivity contribution in [3.8, 4) is 0 Å². The van der Waals surface area contributed by atoms with E-state index in [0.29, 0.717) is 10.6 Å². The number of hydrogen-bond donors (Lipinski definition) is 3. The summed E-state index contributed by atoms with van der Waals surface area (Å²) >= 11 is 1.31. The largest absolute Gasteiger partial charge is 0.435 e. The maximum atomic E-state index is 13.5. The number of rotatable bonds is 7. The molecule has 0 bridgehead atoms. The van der Waals surface area contributed by atoms with Gasteiger partial charge < -0.3 is 16.4 Å². The fraction of sp³-hybridized carbons (Fsp3) is 0.591. The van der Waals surface area contributed by atoms with Crippen molar-refractivity contribution in [3.63, 3.8) is 0 Å². The summed E-state index contributed by atoms with van der Waals surface area (Å²) in [5.74, 6) is -1.17. The quantitative estimate of drug-likeness (QED) is 0.554. The van der Waals surface area contributed by atoms with Gasteiger partial charge in [0.15, 0.2) is 5.69 Å². The van der Waals surface area contributed by atoms with Gasteiger partial charge in [0.05, 0.1) is 5.56 Å². The molecule has 2 amide bonds. The van der Waals surface area contributed by atoms with Gasteiger partial charge in [0, 0.05) is 29.2 Å². The van der Waals surface area contributed by atoms with Crippen molar-refractivity contribution in [2.75, 3.05) is 5.32 Å². The third kappa shape index (κ3) is 5.57. The van der Waals surface area contributed by atoms with Gasteiger partial charge in [-0.2, -0.15) is 18.3 Å². The first-order chi connectivity index (χ1) is 15.7. The van der Waals surface area contributed by atoms with Crippen molar-refractivity contribution in [1.82, 2.24) is 15.1 Å². The van der Waals surface area contributed by atoms with Crippen LogP contribution in [0, 0.1) is 0 Å². The van der Waals surface area contributed by atoms with E-state index in [1.165, 1.54) is 17.5 Å². The molecule has 4 N–H and O–H groups in total. The Balaban J connectivity index is 1.47. The van der Waals surface area contributed by atoms with E-state index < -0.39 is 30.2 Å². The summed E-state index contributed by atoms with van der Waals surface area (Å²) in [6.45, 7) is -0.349. The second-order valence-corrected chi connectivity index (χ2v) is 9.85. The number of fused-ring (bicyclic) bond motifs is 1. The highest BCUT2D eigenvalue weighted by Crippen LogP contribution is 2.38. The van der Waals surface area contributed by atoms with Gasteiger partial charge in [-0.1, -0.05) is 19.3 Å². The van der Waals surface area contributed by atoms with Crippen LogP contribution < -0.4 is 16.4 Å². The van der Waals surface area contributed by atoms with Gasteiger partial charge in [-0.3, -0.25) is 14.3 Å². The molecule has 0 radical (unpaired) electrons. The molecule has 0 aliphatic heterocycles. The van der Waals surface area contributed by atoms with Crippen LogP contribution in [0.5, 0.6) is 0 Å². The number of hydrogen-bond acceptors (Lipinski definition) is 5. The minimum absolute atomic E-state index is 0.0188. The summed E-state index contributed by atoms with van der Waals surface area (Å²) in [6.07, 6.45) is 5.36. The van der Waals surface area contributed by atoms with Crippen LogP contribution in [-0.4, -0.2) is 27.6 Å². The minimum atomic E-state index is -4.61. The first-order valence-electron chi connectivity index (χ1n) is 11.3. The van der Waals surface area contributed by atoms with Crippen molar-refractivity contribution >= 4 is 28.2 Å². The van der Waals surface area contributed by atoms with E-state index in [-0.39, 0.29) is 18.2 Å². The summed E-state index contributed by atoms with van der Waals surface area (Å²) in [6, 6.07) is 0.198. The molecule has 1 saturated carbocycles. The average molecular weight is 484 g/mol. The van der Waals surface area contributed by atoms with Crippen LogP contribution in [0.2, 0.25) is 0 Å². The number of nitrogens with two attached hydrogens (primary N) is 1. The fourth-order valence-corrected chi connectivity index (χ4v) is 6.01. The zero-order chi connectivity index (χ0) is 23.6. The average Bonchev–Trinajstić information content (AvgIpc) is 3.33. The number of nitrogens with zero attached hydrogens (tertiary/aromatic N) is 2. The second kappa shape index (κ2) is 9.84. The first kappa shape index (κ1) is 23.7. The second-order valence-electron chi connectivity index (χ2n) is 8.74. The number of amides is 2. The third-order valence-electron chi connectivity index (χ3n) is 6.27. The van der Waals surface area contributed by atoms with E-state index in [2.05, 4.69) is 15.7 Å². The smallest absolute Gasteiger partial charge is 0.365 e. The molecule has 11 heteroatoms. The van der Waals surface area contributed by atoms with Gasteiger partial charge in [0.1, 0.15) is 11.5 Å². The Hall–Kier alpha value is -2.40. The molecule has 33 heavy (non-hydrogen) atoms. The fourth-order valence-electron chi connectivity index (χ4n) is 4.70. The van der Waals surface area contributed by atoms with Gasteiger partial charge >= 0.3 is 6.18 Å². The van der Waals surface area contributed by atoms with E-state index in [1.54, 1.807) is 0 Å². The molecule has 4 rings (SSSR count). The summed E-state index contributed by atoms with van der Waals surface area (Å²) in [4.78, 5) is 25.6. The zero-order valence-corrected chi connectivity index (χ0v) is 19.1. The molecular formula is C22H28F3N5O2S. The number of carbonyl (C=O) groups excluding carboxylic acids is 2. The molecule has 0 unspecified atom stereocenters. The van der Waals surface area contributed by atoms with Crippen LogP contribution in [0.15, 0.2) is 6.20 Å². The molecule has 0 atom stereocenters. The molecule has 2 aliphatic rings. The lowest BCUT2D eigenvalue weighted by atomic mass is 9.95. The number of carbonyl (C=O) groups is 2. The number of aromatic nitrogens is 2. The summed E-state index contributed by atoms with van der Waals surface area (Å²) in [7, 11) is 0. The molecule has 2 heterocycles. The molecular weight excluding hydrogens is 455 g/mol. The molecule has 2 aromatic heterocycles. The highest BCUT2D eigenvalue weighted by Gasteiger charge is 2.37. The Morgan fingerprint density at radius 1 is 1.15 bits per heavy atom. The van der Waals surface area contributed by atoms with Crippen molar-refractivity contribution < 1.29 is 22.8 Å². The first-order valence-corrected chi connectivity index (χ1v) is 12.1. The molecule has 0 spiro atoms. The van der Waals surface area contributed by atoms with Gasteiger partial charge in [-0.25, -0.2) is 0 Å². The lowest BCUT2D eigenvalue weighted by Gasteiger charge is -2.22. The van der Waals surface area contributed by atoms with Gasteiger partial charge in [-0.15, -0.1) is 11.3 Å². The Kier molecular flexibility index (Phi) is 7.08. The molecule has 180 valence electrons. The standard InChI is InChI=1S/C22H28F3N5O2S/c23-22(24,25)19-13(10-27-14-6-2-1-3-7-14)11-30(29-19)12-17(31)28-21-18(20(26)32)15-8-4-5-9-16(15)33-21/h11,14,27H,1-10,12H2,(H2,26,32)(H,28,31). The SMILES string of the molecule is NC(=O)c1c(NC(=O)Cn2cc(CNC3CCCCC3)c(C(F)(F)F)n2)sc2c1CCCC2. The van der Waals surface area contributed by atoms with Gasteiger partial charge in [-0.05, 0) is 44.1 Å². The maximum absolute atomic E-state index is 13.5. The molecule has 1 fully saturated rings. The van der Waals surface area contributed by atoms with Crippen molar-refractivity contribution in [2.24, 2.45) is 5.73 Å². The molecule has 2 aromatic rings. The number of nitrogens with one attached hydrogen (secondary N) is 2. The molecule has 7 nitrogen and oxygen atoms in total. The van der Waals surface area contributed by atoms with Crippen LogP contribution >= 0.6 is 11.3 Å². The lowest BCUT2D eigenvalue weighted by Crippen LogP contribution is -2.31. The van der Waals surface area contributed by atoms with Crippen molar-refractivity contribution in [3.05, 3.63) is 33.5 Å². The number of aryl methyl sites for hydroxylation is 1.